The maximum Gasteiger partial charge on any atom is 0.335 e. The summed E-state index contributed by atoms with van der Waals surface area (Å²) in [4.78, 5) is 11.2. The van der Waals surface area contributed by atoms with Crippen molar-refractivity contribution in [1.29, 1.82) is 0 Å². The van der Waals surface area contributed by atoms with Crippen molar-refractivity contribution in [2.45, 2.75) is 30.6 Å². The highest BCUT2D eigenvalue weighted by Gasteiger charge is 2.33. The largest absolute Gasteiger partial charge is 0.478 e. The van der Waals surface area contributed by atoms with Crippen LogP contribution in [0.25, 0.3) is 0 Å². The van der Waals surface area contributed by atoms with E-state index < -0.39 is 16.0 Å². The van der Waals surface area contributed by atoms with Crippen LogP contribution in [0.15, 0.2) is 35.4 Å². The molecule has 2 heterocycles. The predicted octanol–water partition coefficient (Wildman–Crippen LogP) is 2.00. The summed E-state index contributed by atoms with van der Waals surface area (Å²) in [5.74, 6) is -0.908. The van der Waals surface area contributed by atoms with Crippen molar-refractivity contribution in [3.8, 4) is 0 Å². The van der Waals surface area contributed by atoms with Crippen LogP contribution in [0.1, 0.15) is 40.4 Å². The van der Waals surface area contributed by atoms with Gasteiger partial charge in [-0.1, -0.05) is 12.1 Å². The molecule has 1 aliphatic heterocycles. The molecule has 1 aliphatic rings. The lowest BCUT2D eigenvalue weighted by Gasteiger charge is -2.32. The fourth-order valence-corrected chi connectivity index (χ4v) is 5.02. The average molecular weight is 363 g/mol. The summed E-state index contributed by atoms with van der Waals surface area (Å²) in [7, 11) is -1.88. The maximum absolute atomic E-state index is 12.9. The van der Waals surface area contributed by atoms with E-state index in [0.717, 1.165) is 18.4 Å². The Hall–Kier alpha value is -2.19. The molecular weight excluding hydrogens is 342 g/mol. The van der Waals surface area contributed by atoms with E-state index in [9.17, 15) is 13.2 Å². The minimum atomic E-state index is -3.58. The SMILES string of the molecule is Cc1nn(C)cc1S(=O)(=O)N1CCC[C@@H](c2ccc(C(=O)O)cc2)C1. The number of rotatable bonds is 4. The molecule has 0 unspecified atom stereocenters. The molecule has 0 saturated carbocycles. The molecule has 134 valence electrons. The Kier molecular flexibility index (Phi) is 4.66. The number of aryl methyl sites for hydroxylation is 2. The number of hydrogen-bond donors (Lipinski definition) is 1. The van der Waals surface area contributed by atoms with Gasteiger partial charge in [-0.25, -0.2) is 13.2 Å². The minimum Gasteiger partial charge on any atom is -0.478 e. The summed E-state index contributed by atoms with van der Waals surface area (Å²) in [5, 5.41) is 13.1. The molecule has 1 saturated heterocycles. The van der Waals surface area contributed by atoms with E-state index in [0.29, 0.717) is 18.8 Å². The van der Waals surface area contributed by atoms with Crippen LogP contribution in [0.2, 0.25) is 0 Å². The molecule has 1 fully saturated rings. The van der Waals surface area contributed by atoms with Gasteiger partial charge in [0.15, 0.2) is 0 Å². The topological polar surface area (TPSA) is 92.5 Å². The molecular formula is C17H21N3O4S. The predicted molar refractivity (Wildman–Crippen MR) is 92.1 cm³/mol. The monoisotopic (exact) mass is 363 g/mol. The Labute approximate surface area is 146 Å². The van der Waals surface area contributed by atoms with Crippen molar-refractivity contribution in [1.82, 2.24) is 14.1 Å². The molecule has 0 radical (unpaired) electrons. The first kappa shape index (κ1) is 17.6. The van der Waals surface area contributed by atoms with E-state index >= 15 is 0 Å². The molecule has 3 rings (SSSR count). The zero-order valence-electron chi connectivity index (χ0n) is 14.2. The zero-order valence-corrected chi connectivity index (χ0v) is 15.0. The number of carboxylic acids is 1. The summed E-state index contributed by atoms with van der Waals surface area (Å²) in [6.45, 7) is 2.57. The number of aromatic carboxylic acids is 1. The van der Waals surface area contributed by atoms with Gasteiger partial charge in [0.2, 0.25) is 10.0 Å². The Morgan fingerprint density at radius 3 is 2.52 bits per heavy atom. The molecule has 1 N–H and O–H groups in total. The third-order valence-corrected chi connectivity index (χ3v) is 6.57. The van der Waals surface area contributed by atoms with Crippen LogP contribution >= 0.6 is 0 Å². The van der Waals surface area contributed by atoms with Gasteiger partial charge in [0, 0.05) is 26.3 Å². The summed E-state index contributed by atoms with van der Waals surface area (Å²) in [6, 6.07) is 6.69. The maximum atomic E-state index is 12.9. The first-order valence-corrected chi connectivity index (χ1v) is 9.56. The number of carboxylic acid groups (broad SMARTS) is 1. The molecule has 25 heavy (non-hydrogen) atoms. The molecule has 1 aromatic heterocycles. The fourth-order valence-electron chi connectivity index (χ4n) is 3.30. The van der Waals surface area contributed by atoms with Gasteiger partial charge in [-0.15, -0.1) is 0 Å². The molecule has 0 aliphatic carbocycles. The Balaban J connectivity index is 1.83. The lowest BCUT2D eigenvalue weighted by molar-refractivity contribution is 0.0697. The summed E-state index contributed by atoms with van der Waals surface area (Å²) in [5.41, 5.74) is 1.69. The van der Waals surface area contributed by atoms with Crippen molar-refractivity contribution < 1.29 is 18.3 Å². The van der Waals surface area contributed by atoms with Gasteiger partial charge in [0.05, 0.1) is 11.3 Å². The molecule has 2 aromatic rings. The minimum absolute atomic E-state index is 0.0587. The van der Waals surface area contributed by atoms with E-state index in [1.54, 1.807) is 38.2 Å². The van der Waals surface area contributed by atoms with Gasteiger partial charge in [-0.05, 0) is 43.4 Å². The van der Waals surface area contributed by atoms with E-state index in [1.165, 1.54) is 15.2 Å². The highest BCUT2D eigenvalue weighted by atomic mass is 32.2. The molecule has 0 spiro atoms. The smallest absolute Gasteiger partial charge is 0.335 e. The van der Waals surface area contributed by atoms with Crippen LogP contribution < -0.4 is 0 Å². The molecule has 1 aromatic carbocycles. The lowest BCUT2D eigenvalue weighted by atomic mass is 9.91. The van der Waals surface area contributed by atoms with Gasteiger partial charge >= 0.3 is 5.97 Å². The van der Waals surface area contributed by atoms with Crippen LogP contribution in [0.4, 0.5) is 0 Å². The van der Waals surface area contributed by atoms with Gasteiger partial charge in [0.25, 0.3) is 0 Å². The average Bonchev–Trinajstić information content (AvgIpc) is 2.94. The quantitative estimate of drug-likeness (QED) is 0.897. The second-order valence-corrected chi connectivity index (χ2v) is 8.29. The van der Waals surface area contributed by atoms with E-state index in [2.05, 4.69) is 5.10 Å². The number of nitrogens with zero attached hydrogens (tertiary/aromatic N) is 3. The Bertz CT molecular complexity index is 887. The van der Waals surface area contributed by atoms with Gasteiger partial charge in [-0.2, -0.15) is 9.40 Å². The van der Waals surface area contributed by atoms with Gasteiger partial charge < -0.3 is 5.11 Å². The Morgan fingerprint density at radius 1 is 1.28 bits per heavy atom. The van der Waals surface area contributed by atoms with Crippen LogP contribution in [-0.2, 0) is 17.1 Å². The Morgan fingerprint density at radius 2 is 1.96 bits per heavy atom. The molecule has 0 bridgehead atoms. The van der Waals surface area contributed by atoms with Crippen LogP contribution in [0.3, 0.4) is 0 Å². The zero-order chi connectivity index (χ0) is 18.2. The van der Waals surface area contributed by atoms with Crippen molar-refractivity contribution >= 4 is 16.0 Å². The number of carbonyl (C=O) groups is 1. The van der Waals surface area contributed by atoms with Crippen molar-refractivity contribution in [3.63, 3.8) is 0 Å². The number of hydrogen-bond acceptors (Lipinski definition) is 4. The highest BCUT2D eigenvalue weighted by Crippen LogP contribution is 2.31. The van der Waals surface area contributed by atoms with Gasteiger partial charge in [-0.3, -0.25) is 4.68 Å². The normalized spacial score (nSPS) is 19.0. The molecule has 1 atom stereocenters. The third-order valence-electron chi connectivity index (χ3n) is 4.60. The number of sulfonamides is 1. The summed E-state index contributed by atoms with van der Waals surface area (Å²) < 4.78 is 28.9. The number of piperidine rings is 1. The lowest BCUT2D eigenvalue weighted by Crippen LogP contribution is -2.39. The van der Waals surface area contributed by atoms with Crippen molar-refractivity contribution in [2.24, 2.45) is 7.05 Å². The number of aromatic nitrogens is 2. The van der Waals surface area contributed by atoms with Gasteiger partial charge in [0.1, 0.15) is 4.90 Å². The first-order valence-electron chi connectivity index (χ1n) is 8.12. The van der Waals surface area contributed by atoms with Crippen molar-refractivity contribution in [2.75, 3.05) is 13.1 Å². The van der Waals surface area contributed by atoms with Crippen molar-refractivity contribution in [3.05, 3.63) is 47.3 Å². The van der Waals surface area contributed by atoms with E-state index in [4.69, 9.17) is 5.11 Å². The standard InChI is InChI=1S/C17H21N3O4S/c1-12-16(11-19(2)18-12)25(23,24)20-9-3-4-15(10-20)13-5-7-14(8-6-13)17(21)22/h5-8,11,15H,3-4,9-10H2,1-2H3,(H,21,22)/t15-/m1/s1. The molecule has 7 nitrogen and oxygen atoms in total. The highest BCUT2D eigenvalue weighted by molar-refractivity contribution is 7.89. The summed E-state index contributed by atoms with van der Waals surface area (Å²) in [6.07, 6.45) is 3.18. The number of benzene rings is 1. The van der Waals surface area contributed by atoms with Crippen LogP contribution in [0.5, 0.6) is 0 Å². The van der Waals surface area contributed by atoms with E-state index in [-0.39, 0.29) is 16.4 Å². The second-order valence-electron chi connectivity index (χ2n) is 6.38. The third kappa shape index (κ3) is 3.45. The first-order chi connectivity index (χ1) is 11.8. The fraction of sp³-hybridized carbons (Fsp3) is 0.412. The van der Waals surface area contributed by atoms with Crippen LogP contribution in [-0.4, -0.2) is 46.7 Å². The summed E-state index contributed by atoms with van der Waals surface area (Å²) >= 11 is 0. The molecule has 8 heteroatoms. The second kappa shape index (κ2) is 6.61. The van der Waals surface area contributed by atoms with E-state index in [1.807, 2.05) is 0 Å². The molecule has 0 amide bonds. The van der Waals surface area contributed by atoms with Crippen LogP contribution in [0, 0.1) is 6.92 Å².